The fourth-order valence-corrected chi connectivity index (χ4v) is 2.68. The average molecular weight is 275 g/mol. The Hall–Kier alpha value is -0.610. The Morgan fingerprint density at radius 3 is 2.24 bits per heavy atom. The molecular weight excluding hydrogens is 259 g/mol. The molecule has 1 aromatic heterocycles. The molecule has 0 amide bonds. The molecule has 4 nitrogen and oxygen atoms in total. The van der Waals surface area contributed by atoms with E-state index in [0.717, 1.165) is 12.5 Å². The highest BCUT2D eigenvalue weighted by Crippen LogP contribution is 2.25. The molecule has 0 aliphatic heterocycles. The van der Waals surface area contributed by atoms with Gasteiger partial charge in [-0.25, -0.2) is 0 Å². The molecule has 1 aromatic rings. The lowest BCUT2D eigenvalue weighted by molar-refractivity contribution is 0.361. The third-order valence-electron chi connectivity index (χ3n) is 3.17. The number of aromatic nitrogens is 3. The van der Waals surface area contributed by atoms with E-state index in [9.17, 15) is 0 Å². The predicted octanol–water partition coefficient (Wildman–Crippen LogP) is 3.19. The molecule has 1 aliphatic carbocycles. The topological polar surface area (TPSA) is 41.9 Å². The first-order valence-corrected chi connectivity index (χ1v) is 6.69. The molecule has 1 heterocycles. The molecule has 0 radical (unpaired) electrons. The number of hydrogen-bond donors (Lipinski definition) is 0. The Bertz CT molecular complexity index is 359. The summed E-state index contributed by atoms with van der Waals surface area (Å²) in [4.78, 5) is 13.9. The predicted molar refractivity (Wildman–Crippen MR) is 69.7 cm³/mol. The van der Waals surface area contributed by atoms with Crippen LogP contribution in [0.5, 0.6) is 0 Å². The number of halogens is 2. The fourth-order valence-electron chi connectivity index (χ4n) is 2.33. The van der Waals surface area contributed by atoms with Crippen molar-refractivity contribution in [3.63, 3.8) is 0 Å². The zero-order valence-electron chi connectivity index (χ0n) is 9.86. The summed E-state index contributed by atoms with van der Waals surface area (Å²) < 4.78 is 0. The quantitative estimate of drug-likeness (QED) is 0.849. The zero-order valence-corrected chi connectivity index (χ0v) is 11.4. The van der Waals surface area contributed by atoms with Crippen LogP contribution in [0.2, 0.25) is 10.6 Å². The Morgan fingerprint density at radius 2 is 1.65 bits per heavy atom. The van der Waals surface area contributed by atoms with Crippen LogP contribution < -0.4 is 4.90 Å². The molecule has 0 saturated heterocycles. The molecule has 0 aromatic carbocycles. The Morgan fingerprint density at radius 1 is 1.06 bits per heavy atom. The van der Waals surface area contributed by atoms with Gasteiger partial charge in [-0.2, -0.15) is 15.0 Å². The minimum absolute atomic E-state index is 0.149. The van der Waals surface area contributed by atoms with Crippen LogP contribution >= 0.6 is 23.2 Å². The highest BCUT2D eigenvalue weighted by molar-refractivity contribution is 6.31. The molecule has 94 valence electrons. The lowest BCUT2D eigenvalue weighted by atomic mass is 9.89. The van der Waals surface area contributed by atoms with Crippen LogP contribution in [0.15, 0.2) is 0 Å². The van der Waals surface area contributed by atoms with Gasteiger partial charge in [0.25, 0.3) is 0 Å². The van der Waals surface area contributed by atoms with Gasteiger partial charge in [-0.1, -0.05) is 19.3 Å². The standard InChI is InChI=1S/C11H16Cl2N4/c1-17(7-8-5-3-2-4-6-8)11-15-9(12)14-10(13)16-11/h8H,2-7H2,1H3. The summed E-state index contributed by atoms with van der Waals surface area (Å²) in [7, 11) is 1.97. The highest BCUT2D eigenvalue weighted by Gasteiger charge is 2.17. The van der Waals surface area contributed by atoms with Crippen LogP contribution in [0.3, 0.4) is 0 Å². The fraction of sp³-hybridized carbons (Fsp3) is 0.727. The largest absolute Gasteiger partial charge is 0.343 e. The number of rotatable bonds is 3. The minimum atomic E-state index is 0.149. The second kappa shape index (κ2) is 5.83. The van der Waals surface area contributed by atoms with E-state index in [-0.39, 0.29) is 10.6 Å². The first kappa shape index (κ1) is 12.8. The molecule has 1 saturated carbocycles. The Labute approximate surface area is 111 Å². The third kappa shape index (κ3) is 3.68. The SMILES string of the molecule is CN(CC1CCCCC1)c1nc(Cl)nc(Cl)n1. The van der Waals surface area contributed by atoms with Crippen molar-refractivity contribution in [3.05, 3.63) is 10.6 Å². The molecule has 17 heavy (non-hydrogen) atoms. The van der Waals surface area contributed by atoms with Crippen molar-refractivity contribution in [2.45, 2.75) is 32.1 Å². The maximum absolute atomic E-state index is 5.76. The van der Waals surface area contributed by atoms with Gasteiger partial charge in [0.15, 0.2) is 0 Å². The molecule has 1 aliphatic rings. The lowest BCUT2D eigenvalue weighted by Gasteiger charge is -2.26. The van der Waals surface area contributed by atoms with E-state index in [1.807, 2.05) is 11.9 Å². The van der Waals surface area contributed by atoms with Gasteiger partial charge in [-0.3, -0.25) is 0 Å². The van der Waals surface area contributed by atoms with Crippen LogP contribution in [0.4, 0.5) is 5.95 Å². The van der Waals surface area contributed by atoms with Crippen LogP contribution in [0.1, 0.15) is 32.1 Å². The molecule has 6 heteroatoms. The third-order valence-corrected chi connectivity index (χ3v) is 3.51. The summed E-state index contributed by atoms with van der Waals surface area (Å²) in [6.45, 7) is 0.955. The number of anilines is 1. The van der Waals surface area contributed by atoms with E-state index in [4.69, 9.17) is 23.2 Å². The maximum atomic E-state index is 5.76. The lowest BCUT2D eigenvalue weighted by Crippen LogP contribution is -2.28. The van der Waals surface area contributed by atoms with E-state index in [2.05, 4.69) is 15.0 Å². The first-order valence-electron chi connectivity index (χ1n) is 5.93. The summed E-state index contributed by atoms with van der Waals surface area (Å²) in [5.41, 5.74) is 0. The molecule has 0 bridgehead atoms. The van der Waals surface area contributed by atoms with Gasteiger partial charge in [0, 0.05) is 13.6 Å². The monoisotopic (exact) mass is 274 g/mol. The molecular formula is C11H16Cl2N4. The van der Waals surface area contributed by atoms with E-state index in [1.165, 1.54) is 32.1 Å². The Balaban J connectivity index is 2.00. The average Bonchev–Trinajstić information content (AvgIpc) is 2.29. The van der Waals surface area contributed by atoms with Gasteiger partial charge in [-0.15, -0.1) is 0 Å². The summed E-state index contributed by atoms with van der Waals surface area (Å²) in [5.74, 6) is 1.28. The van der Waals surface area contributed by atoms with Gasteiger partial charge in [0.2, 0.25) is 16.5 Å². The van der Waals surface area contributed by atoms with Crippen LogP contribution in [-0.4, -0.2) is 28.5 Å². The van der Waals surface area contributed by atoms with Gasteiger partial charge in [-0.05, 0) is 42.0 Å². The summed E-state index contributed by atoms with van der Waals surface area (Å²) in [6.07, 6.45) is 6.60. The van der Waals surface area contributed by atoms with Crippen LogP contribution in [-0.2, 0) is 0 Å². The second-order valence-electron chi connectivity index (χ2n) is 4.56. The second-order valence-corrected chi connectivity index (χ2v) is 5.23. The van der Waals surface area contributed by atoms with E-state index in [0.29, 0.717) is 5.95 Å². The van der Waals surface area contributed by atoms with Crippen molar-refractivity contribution < 1.29 is 0 Å². The number of hydrogen-bond acceptors (Lipinski definition) is 4. The first-order chi connectivity index (χ1) is 8.15. The van der Waals surface area contributed by atoms with Crippen molar-refractivity contribution in [1.82, 2.24) is 15.0 Å². The highest BCUT2D eigenvalue weighted by atomic mass is 35.5. The van der Waals surface area contributed by atoms with Crippen LogP contribution in [0.25, 0.3) is 0 Å². The molecule has 0 unspecified atom stereocenters. The Kier molecular flexibility index (Phi) is 4.40. The smallest absolute Gasteiger partial charge is 0.230 e. The van der Waals surface area contributed by atoms with Crippen molar-refractivity contribution in [1.29, 1.82) is 0 Å². The van der Waals surface area contributed by atoms with Crippen LogP contribution in [0, 0.1) is 5.92 Å². The van der Waals surface area contributed by atoms with Crippen molar-refractivity contribution in [2.24, 2.45) is 5.92 Å². The van der Waals surface area contributed by atoms with Crippen molar-refractivity contribution in [2.75, 3.05) is 18.5 Å². The van der Waals surface area contributed by atoms with E-state index < -0.39 is 0 Å². The van der Waals surface area contributed by atoms with Crippen molar-refractivity contribution >= 4 is 29.2 Å². The summed E-state index contributed by atoms with van der Waals surface area (Å²) in [6, 6.07) is 0. The van der Waals surface area contributed by atoms with Gasteiger partial charge >= 0.3 is 0 Å². The summed E-state index contributed by atoms with van der Waals surface area (Å²) >= 11 is 11.5. The van der Waals surface area contributed by atoms with E-state index >= 15 is 0 Å². The minimum Gasteiger partial charge on any atom is -0.343 e. The van der Waals surface area contributed by atoms with Gasteiger partial charge < -0.3 is 4.90 Å². The maximum Gasteiger partial charge on any atom is 0.230 e. The molecule has 0 N–H and O–H groups in total. The number of nitrogens with zero attached hydrogens (tertiary/aromatic N) is 4. The molecule has 0 spiro atoms. The normalized spacial score (nSPS) is 17.1. The van der Waals surface area contributed by atoms with Gasteiger partial charge in [0.1, 0.15) is 0 Å². The summed E-state index contributed by atoms with van der Waals surface area (Å²) in [5, 5.41) is 0.297. The molecule has 2 rings (SSSR count). The molecule has 0 atom stereocenters. The van der Waals surface area contributed by atoms with Gasteiger partial charge in [0.05, 0.1) is 0 Å². The zero-order chi connectivity index (χ0) is 12.3. The van der Waals surface area contributed by atoms with Crippen molar-refractivity contribution in [3.8, 4) is 0 Å². The molecule has 1 fully saturated rings. The van der Waals surface area contributed by atoms with E-state index in [1.54, 1.807) is 0 Å².